The lowest BCUT2D eigenvalue weighted by atomic mass is 10.00. The lowest BCUT2D eigenvalue weighted by Crippen LogP contribution is -2.49. The monoisotopic (exact) mass is 484 g/mol. The minimum atomic E-state index is -0.424. The van der Waals surface area contributed by atoms with Gasteiger partial charge < -0.3 is 14.5 Å². The van der Waals surface area contributed by atoms with Gasteiger partial charge in [-0.2, -0.15) is 0 Å². The maximum absolute atomic E-state index is 13.5. The van der Waals surface area contributed by atoms with E-state index in [0.717, 1.165) is 12.0 Å². The van der Waals surface area contributed by atoms with Crippen LogP contribution in [0.3, 0.4) is 0 Å². The standard InChI is InChI=1S/C26H26F2N2O3S/c1-17(2)30(26(32)18-3-5-19(27)6-4-18)15-25(31)29-13-11-24-22(12-14-34-24)23(29)16-33-21-9-7-20(28)8-10-21/h3-10,12,14,17,23H,11,13,15-16H2,1-2H3/t23-/m1/s1. The maximum Gasteiger partial charge on any atom is 0.254 e. The van der Waals surface area contributed by atoms with Crippen LogP contribution in [0.5, 0.6) is 5.75 Å². The molecule has 8 heteroatoms. The highest BCUT2D eigenvalue weighted by atomic mass is 32.1. The van der Waals surface area contributed by atoms with Gasteiger partial charge in [-0.05, 0) is 85.8 Å². The van der Waals surface area contributed by atoms with Gasteiger partial charge in [-0.15, -0.1) is 11.3 Å². The average Bonchev–Trinajstić information content (AvgIpc) is 3.31. The summed E-state index contributed by atoms with van der Waals surface area (Å²) in [7, 11) is 0. The molecule has 2 aromatic carbocycles. The van der Waals surface area contributed by atoms with Gasteiger partial charge in [0.1, 0.15) is 30.5 Å². The number of thiophene rings is 1. The lowest BCUT2D eigenvalue weighted by molar-refractivity contribution is -0.136. The molecule has 4 rings (SSSR count). The third-order valence-corrected chi connectivity index (χ3v) is 6.91. The minimum Gasteiger partial charge on any atom is -0.491 e. The molecule has 34 heavy (non-hydrogen) atoms. The molecule has 0 aliphatic carbocycles. The zero-order chi connectivity index (χ0) is 24.2. The third kappa shape index (κ3) is 5.28. The third-order valence-electron chi connectivity index (χ3n) is 5.92. The molecule has 0 fully saturated rings. The van der Waals surface area contributed by atoms with Crippen LogP contribution in [0.25, 0.3) is 0 Å². The maximum atomic E-state index is 13.5. The van der Waals surface area contributed by atoms with E-state index in [9.17, 15) is 18.4 Å². The Balaban J connectivity index is 1.52. The Morgan fingerprint density at radius 3 is 2.35 bits per heavy atom. The summed E-state index contributed by atoms with van der Waals surface area (Å²) in [4.78, 5) is 31.0. The van der Waals surface area contributed by atoms with Gasteiger partial charge in [0.15, 0.2) is 0 Å². The number of hydrogen-bond acceptors (Lipinski definition) is 4. The van der Waals surface area contributed by atoms with Crippen molar-refractivity contribution in [3.8, 4) is 5.75 Å². The van der Waals surface area contributed by atoms with E-state index in [4.69, 9.17) is 4.74 Å². The summed E-state index contributed by atoms with van der Waals surface area (Å²) in [6.45, 7) is 4.32. The van der Waals surface area contributed by atoms with E-state index in [1.54, 1.807) is 28.4 Å². The molecule has 0 saturated carbocycles. The summed E-state index contributed by atoms with van der Waals surface area (Å²) < 4.78 is 32.5. The van der Waals surface area contributed by atoms with Crippen molar-refractivity contribution in [1.29, 1.82) is 0 Å². The molecule has 2 amide bonds. The highest BCUT2D eigenvalue weighted by Crippen LogP contribution is 2.34. The summed E-state index contributed by atoms with van der Waals surface area (Å²) >= 11 is 1.65. The Hall–Kier alpha value is -3.26. The Morgan fingerprint density at radius 2 is 1.71 bits per heavy atom. The summed E-state index contributed by atoms with van der Waals surface area (Å²) in [5.41, 5.74) is 1.37. The predicted octanol–water partition coefficient (Wildman–Crippen LogP) is 5.08. The van der Waals surface area contributed by atoms with Crippen molar-refractivity contribution in [3.63, 3.8) is 0 Å². The summed E-state index contributed by atoms with van der Waals surface area (Å²) in [5.74, 6) is -0.759. The molecule has 0 spiro atoms. The quantitative estimate of drug-likeness (QED) is 0.470. The second kappa shape index (κ2) is 10.3. The number of fused-ring (bicyclic) bond motifs is 1. The number of amides is 2. The first-order chi connectivity index (χ1) is 16.3. The molecule has 0 bridgehead atoms. The molecule has 0 saturated heterocycles. The molecule has 0 unspecified atom stereocenters. The predicted molar refractivity (Wildman–Crippen MR) is 127 cm³/mol. The number of carbonyl (C=O) groups is 2. The van der Waals surface area contributed by atoms with E-state index < -0.39 is 5.82 Å². The van der Waals surface area contributed by atoms with Gasteiger partial charge in [-0.3, -0.25) is 9.59 Å². The number of hydrogen-bond donors (Lipinski definition) is 0. The van der Waals surface area contributed by atoms with Gasteiger partial charge in [0.25, 0.3) is 5.91 Å². The van der Waals surface area contributed by atoms with Gasteiger partial charge in [0.05, 0.1) is 6.04 Å². The van der Waals surface area contributed by atoms with Crippen LogP contribution >= 0.6 is 11.3 Å². The number of rotatable bonds is 7. The van der Waals surface area contributed by atoms with Crippen LogP contribution in [0.2, 0.25) is 0 Å². The molecule has 1 atom stereocenters. The first-order valence-corrected chi connectivity index (χ1v) is 12.0. The molecule has 0 radical (unpaired) electrons. The number of benzene rings is 2. The normalized spacial score (nSPS) is 15.2. The average molecular weight is 485 g/mol. The van der Waals surface area contributed by atoms with Crippen LogP contribution in [-0.2, 0) is 11.2 Å². The molecular formula is C26H26F2N2O3S. The Kier molecular flexibility index (Phi) is 7.26. The van der Waals surface area contributed by atoms with E-state index in [-0.39, 0.29) is 42.9 Å². The number of halogens is 2. The van der Waals surface area contributed by atoms with Gasteiger partial charge in [0.2, 0.25) is 5.91 Å². The highest BCUT2D eigenvalue weighted by molar-refractivity contribution is 7.10. The van der Waals surface area contributed by atoms with Crippen molar-refractivity contribution < 1.29 is 23.1 Å². The first kappa shape index (κ1) is 23.9. The molecule has 1 aliphatic heterocycles. The lowest BCUT2D eigenvalue weighted by Gasteiger charge is -2.37. The van der Waals surface area contributed by atoms with Crippen LogP contribution in [0.4, 0.5) is 8.78 Å². The van der Waals surface area contributed by atoms with Crippen LogP contribution in [-0.4, -0.2) is 47.4 Å². The molecule has 5 nitrogen and oxygen atoms in total. The van der Waals surface area contributed by atoms with Gasteiger partial charge in [-0.1, -0.05) is 0 Å². The molecular weight excluding hydrogens is 458 g/mol. The van der Waals surface area contributed by atoms with Crippen LogP contribution in [0.1, 0.15) is 40.7 Å². The number of ether oxygens (including phenoxy) is 1. The zero-order valence-corrected chi connectivity index (χ0v) is 19.9. The van der Waals surface area contributed by atoms with Crippen molar-refractivity contribution in [1.82, 2.24) is 9.80 Å². The van der Waals surface area contributed by atoms with Crippen LogP contribution < -0.4 is 4.74 Å². The fourth-order valence-electron chi connectivity index (χ4n) is 4.06. The first-order valence-electron chi connectivity index (χ1n) is 11.1. The smallest absolute Gasteiger partial charge is 0.254 e. The Morgan fingerprint density at radius 1 is 1.06 bits per heavy atom. The molecule has 1 aliphatic rings. The van der Waals surface area contributed by atoms with Crippen LogP contribution in [0.15, 0.2) is 60.0 Å². The van der Waals surface area contributed by atoms with E-state index in [2.05, 4.69) is 0 Å². The largest absolute Gasteiger partial charge is 0.491 e. The van der Waals surface area contributed by atoms with E-state index >= 15 is 0 Å². The second-order valence-corrected chi connectivity index (χ2v) is 9.45. The van der Waals surface area contributed by atoms with Crippen molar-refractivity contribution in [2.24, 2.45) is 0 Å². The van der Waals surface area contributed by atoms with Crippen LogP contribution in [0, 0.1) is 11.6 Å². The van der Waals surface area contributed by atoms with Crippen molar-refractivity contribution in [3.05, 3.63) is 87.6 Å². The van der Waals surface area contributed by atoms with Crippen molar-refractivity contribution in [2.45, 2.75) is 32.4 Å². The SMILES string of the molecule is CC(C)N(CC(=O)N1CCc2sccc2[C@H]1COc1ccc(F)cc1)C(=O)c1ccc(F)cc1. The number of nitrogens with zero attached hydrogens (tertiary/aromatic N) is 2. The van der Waals surface area contributed by atoms with E-state index in [1.807, 2.05) is 25.3 Å². The van der Waals surface area contributed by atoms with Gasteiger partial charge in [0, 0.05) is 23.0 Å². The van der Waals surface area contributed by atoms with E-state index in [1.165, 1.54) is 46.2 Å². The van der Waals surface area contributed by atoms with E-state index in [0.29, 0.717) is 17.9 Å². The molecule has 2 heterocycles. The molecule has 178 valence electrons. The summed E-state index contributed by atoms with van der Waals surface area (Å²) in [6, 6.07) is 12.6. The molecule has 3 aromatic rings. The van der Waals surface area contributed by atoms with Gasteiger partial charge >= 0.3 is 0 Å². The summed E-state index contributed by atoms with van der Waals surface area (Å²) in [5, 5.41) is 2.00. The summed E-state index contributed by atoms with van der Waals surface area (Å²) in [6.07, 6.45) is 0.735. The van der Waals surface area contributed by atoms with Gasteiger partial charge in [-0.25, -0.2) is 8.78 Å². The van der Waals surface area contributed by atoms with Crippen molar-refractivity contribution >= 4 is 23.2 Å². The minimum absolute atomic E-state index is 0.0968. The Labute approximate surface area is 201 Å². The second-order valence-electron chi connectivity index (χ2n) is 8.45. The fraction of sp³-hybridized carbons (Fsp3) is 0.308. The fourth-order valence-corrected chi connectivity index (χ4v) is 4.99. The van der Waals surface area contributed by atoms with Crippen molar-refractivity contribution in [2.75, 3.05) is 19.7 Å². The Bertz CT molecular complexity index is 1150. The topological polar surface area (TPSA) is 49.9 Å². The molecule has 0 N–H and O–H groups in total. The molecule has 1 aromatic heterocycles. The zero-order valence-electron chi connectivity index (χ0n) is 19.0. The highest BCUT2D eigenvalue weighted by Gasteiger charge is 2.34. The number of carbonyl (C=O) groups excluding carboxylic acids is 2.